The monoisotopic (exact) mass is 465 g/mol. The first-order chi connectivity index (χ1) is 17.2. The van der Waals surface area contributed by atoms with Crippen molar-refractivity contribution in [3.8, 4) is 5.75 Å². The highest BCUT2D eigenvalue weighted by Crippen LogP contribution is 2.34. The summed E-state index contributed by atoms with van der Waals surface area (Å²) in [5.74, 6) is 0.668. The van der Waals surface area contributed by atoms with E-state index < -0.39 is 0 Å². The summed E-state index contributed by atoms with van der Waals surface area (Å²) in [6.07, 6.45) is 7.29. The van der Waals surface area contributed by atoms with Crippen molar-refractivity contribution in [1.82, 2.24) is 14.9 Å². The lowest BCUT2D eigenvalue weighted by molar-refractivity contribution is 0.0949. The summed E-state index contributed by atoms with van der Waals surface area (Å²) in [6, 6.07) is 22.9. The van der Waals surface area contributed by atoms with E-state index in [0.29, 0.717) is 24.3 Å². The van der Waals surface area contributed by atoms with E-state index in [1.165, 1.54) is 0 Å². The highest BCUT2D eigenvalue weighted by atomic mass is 16.5. The van der Waals surface area contributed by atoms with E-state index in [0.717, 1.165) is 35.1 Å². The second kappa shape index (κ2) is 10.4. The number of rotatable bonds is 8. The number of imidazole rings is 1. The summed E-state index contributed by atoms with van der Waals surface area (Å²) < 4.78 is 8.62. The molecule has 1 aliphatic rings. The second-order valence-corrected chi connectivity index (χ2v) is 8.67. The van der Waals surface area contributed by atoms with Crippen molar-refractivity contribution in [2.45, 2.75) is 38.5 Å². The zero-order valence-corrected chi connectivity index (χ0v) is 19.4. The molecule has 1 amide bonds. The number of hydrogen-bond acceptors (Lipinski definition) is 4. The van der Waals surface area contributed by atoms with Crippen LogP contribution in [0.4, 0.5) is 0 Å². The Hall–Kier alpha value is -4.19. The molecule has 0 fully saturated rings. The Morgan fingerprint density at radius 1 is 1.00 bits per heavy atom. The van der Waals surface area contributed by atoms with Gasteiger partial charge >= 0.3 is 0 Å². The summed E-state index contributed by atoms with van der Waals surface area (Å²) in [6.45, 7) is 0.863. The van der Waals surface area contributed by atoms with Crippen LogP contribution >= 0.6 is 0 Å². The van der Waals surface area contributed by atoms with Crippen LogP contribution in [0.3, 0.4) is 0 Å². The third kappa shape index (κ3) is 5.17. The molecule has 1 aliphatic carbocycles. The van der Waals surface area contributed by atoms with Crippen LogP contribution in [0.15, 0.2) is 91.5 Å². The number of carbonyl (C=O) groups excluding carboxylic acids is 2. The molecule has 0 radical (unpaired) electrons. The van der Waals surface area contributed by atoms with Crippen molar-refractivity contribution >= 4 is 11.7 Å². The van der Waals surface area contributed by atoms with Crippen molar-refractivity contribution in [2.24, 2.45) is 0 Å². The molecule has 1 aromatic heterocycles. The molecule has 0 spiro atoms. The number of amides is 1. The standard InChI is InChI=1S/C29H27N3O3/c33-26-13-7-12-23-24(26)14-15-27(25(23)18-31-29(34)22-10-5-2-6-11-22)35-28(19-32-17-16-30-20-32)21-8-3-1-4-9-21/h1-6,8-11,14-17,20,28H,7,12-13,18-19H2,(H,31,34)/t28-/m1/s1. The van der Waals surface area contributed by atoms with E-state index in [9.17, 15) is 9.59 Å². The molecule has 0 unspecified atom stereocenters. The molecule has 5 rings (SSSR count). The fourth-order valence-corrected chi connectivity index (χ4v) is 4.56. The molecule has 6 heteroatoms. The van der Waals surface area contributed by atoms with Crippen LogP contribution in [0.1, 0.15) is 56.4 Å². The van der Waals surface area contributed by atoms with E-state index in [4.69, 9.17) is 4.74 Å². The number of ketones is 1. The fourth-order valence-electron chi connectivity index (χ4n) is 4.56. The summed E-state index contributed by atoms with van der Waals surface area (Å²) >= 11 is 0. The van der Waals surface area contributed by atoms with Gasteiger partial charge in [0.05, 0.1) is 12.9 Å². The highest BCUT2D eigenvalue weighted by molar-refractivity contribution is 5.99. The fraction of sp³-hybridized carbons (Fsp3) is 0.207. The average Bonchev–Trinajstić information content (AvgIpc) is 3.42. The van der Waals surface area contributed by atoms with Crippen molar-refractivity contribution < 1.29 is 14.3 Å². The lowest BCUT2D eigenvalue weighted by Gasteiger charge is -2.26. The van der Waals surface area contributed by atoms with E-state index in [1.807, 2.05) is 71.4 Å². The first-order valence-corrected chi connectivity index (χ1v) is 11.9. The van der Waals surface area contributed by atoms with Gasteiger partial charge in [0.1, 0.15) is 11.9 Å². The minimum absolute atomic E-state index is 0.145. The van der Waals surface area contributed by atoms with E-state index in [-0.39, 0.29) is 24.3 Å². The van der Waals surface area contributed by atoms with Gasteiger partial charge in [0.2, 0.25) is 0 Å². The van der Waals surface area contributed by atoms with Crippen LogP contribution in [0.5, 0.6) is 5.75 Å². The third-order valence-corrected chi connectivity index (χ3v) is 6.36. The van der Waals surface area contributed by atoms with Crippen molar-refractivity contribution in [3.05, 3.63) is 119 Å². The Morgan fingerprint density at radius 2 is 1.77 bits per heavy atom. The quantitative estimate of drug-likeness (QED) is 0.390. The Bertz CT molecular complexity index is 1300. The molecule has 1 heterocycles. The summed E-state index contributed by atoms with van der Waals surface area (Å²) in [7, 11) is 0. The van der Waals surface area contributed by atoms with E-state index >= 15 is 0 Å². The molecular formula is C29H27N3O3. The summed E-state index contributed by atoms with van der Waals surface area (Å²) in [5.41, 5.74) is 4.21. The highest BCUT2D eigenvalue weighted by Gasteiger charge is 2.25. The number of fused-ring (bicyclic) bond motifs is 1. The first kappa shape index (κ1) is 22.6. The number of Topliss-reactive ketones (excluding diaryl/α,β-unsaturated/α-hetero) is 1. The summed E-state index contributed by atoms with van der Waals surface area (Å²) in [5, 5.41) is 3.03. The third-order valence-electron chi connectivity index (χ3n) is 6.36. The zero-order chi connectivity index (χ0) is 24.0. The lowest BCUT2D eigenvalue weighted by Crippen LogP contribution is -2.25. The van der Waals surface area contributed by atoms with Gasteiger partial charge in [-0.05, 0) is 48.2 Å². The Labute approximate surface area is 204 Å². The topological polar surface area (TPSA) is 73.2 Å². The van der Waals surface area contributed by atoms with Crippen LogP contribution in [-0.2, 0) is 19.5 Å². The largest absolute Gasteiger partial charge is 0.483 e. The Kier molecular flexibility index (Phi) is 6.70. The molecule has 0 saturated carbocycles. The second-order valence-electron chi connectivity index (χ2n) is 8.67. The van der Waals surface area contributed by atoms with Gasteiger partial charge in [-0.25, -0.2) is 4.98 Å². The smallest absolute Gasteiger partial charge is 0.251 e. The predicted molar refractivity (Wildman–Crippen MR) is 133 cm³/mol. The average molecular weight is 466 g/mol. The number of benzene rings is 3. The van der Waals surface area contributed by atoms with Crippen molar-refractivity contribution in [2.75, 3.05) is 0 Å². The van der Waals surface area contributed by atoms with Gasteiger partial charge in [-0.2, -0.15) is 0 Å². The van der Waals surface area contributed by atoms with Crippen LogP contribution < -0.4 is 10.1 Å². The van der Waals surface area contributed by atoms with Gasteiger partial charge < -0.3 is 14.6 Å². The minimum atomic E-state index is -0.272. The van der Waals surface area contributed by atoms with Crippen molar-refractivity contribution in [1.29, 1.82) is 0 Å². The molecule has 6 nitrogen and oxygen atoms in total. The summed E-state index contributed by atoms with van der Waals surface area (Å²) in [4.78, 5) is 29.6. The molecule has 4 aromatic rings. The Balaban J connectivity index is 1.48. The number of ether oxygens (including phenoxy) is 1. The number of carbonyl (C=O) groups is 2. The van der Waals surface area contributed by atoms with Crippen molar-refractivity contribution in [3.63, 3.8) is 0 Å². The molecule has 1 N–H and O–H groups in total. The molecule has 176 valence electrons. The van der Waals surface area contributed by atoms with Gasteiger partial charge in [-0.3, -0.25) is 9.59 Å². The number of aromatic nitrogens is 2. The maximum atomic E-state index is 12.8. The zero-order valence-electron chi connectivity index (χ0n) is 19.4. The number of nitrogens with one attached hydrogen (secondary N) is 1. The molecule has 0 saturated heterocycles. The number of hydrogen-bond donors (Lipinski definition) is 1. The van der Waals surface area contributed by atoms with Crippen LogP contribution in [0.25, 0.3) is 0 Å². The number of nitrogens with zero attached hydrogens (tertiary/aromatic N) is 2. The van der Waals surface area contributed by atoms with Crippen LogP contribution in [0.2, 0.25) is 0 Å². The van der Waals surface area contributed by atoms with Gasteiger partial charge in [0.25, 0.3) is 5.91 Å². The van der Waals surface area contributed by atoms with Crippen LogP contribution in [0, 0.1) is 0 Å². The maximum absolute atomic E-state index is 12.8. The lowest BCUT2D eigenvalue weighted by atomic mass is 9.86. The predicted octanol–water partition coefficient (Wildman–Crippen LogP) is 5.15. The van der Waals surface area contributed by atoms with E-state index in [1.54, 1.807) is 24.7 Å². The Morgan fingerprint density at radius 3 is 2.51 bits per heavy atom. The molecule has 0 bridgehead atoms. The normalized spacial score (nSPS) is 13.7. The molecule has 0 aliphatic heterocycles. The molecule has 35 heavy (non-hydrogen) atoms. The van der Waals surface area contributed by atoms with Gasteiger partial charge in [0.15, 0.2) is 5.78 Å². The van der Waals surface area contributed by atoms with Gasteiger partial charge in [-0.1, -0.05) is 48.5 Å². The minimum Gasteiger partial charge on any atom is -0.483 e. The van der Waals surface area contributed by atoms with Gasteiger partial charge in [-0.15, -0.1) is 0 Å². The first-order valence-electron chi connectivity index (χ1n) is 11.9. The molecule has 3 aromatic carbocycles. The molecular weight excluding hydrogens is 438 g/mol. The maximum Gasteiger partial charge on any atom is 0.251 e. The molecule has 1 atom stereocenters. The SMILES string of the molecule is O=C(NCc1c(O[C@H](Cn2ccnc2)c2ccccc2)ccc2c1CCCC2=O)c1ccccc1. The van der Waals surface area contributed by atoms with E-state index in [2.05, 4.69) is 10.3 Å². The van der Waals surface area contributed by atoms with Crippen LogP contribution in [-0.4, -0.2) is 21.2 Å². The van der Waals surface area contributed by atoms with Gasteiger partial charge in [0, 0.05) is 42.0 Å².